The molecule has 0 radical (unpaired) electrons. The third-order valence-electron chi connectivity index (χ3n) is 5.39. The molecule has 0 unspecified atom stereocenters. The summed E-state index contributed by atoms with van der Waals surface area (Å²) in [7, 11) is 0. The highest BCUT2D eigenvalue weighted by molar-refractivity contribution is 5.94. The molecule has 1 saturated carbocycles. The van der Waals surface area contributed by atoms with Crippen molar-refractivity contribution < 1.29 is 22.7 Å². The molecule has 2 heterocycles. The Balaban J connectivity index is 1.25. The van der Waals surface area contributed by atoms with Crippen molar-refractivity contribution in [2.45, 2.75) is 44.0 Å². The van der Waals surface area contributed by atoms with Gasteiger partial charge in [-0.3, -0.25) is 4.79 Å². The Bertz CT molecular complexity index is 992. The largest absolute Gasteiger partial charge is 0.474 e. The molecule has 1 amide bonds. The fourth-order valence-electron chi connectivity index (χ4n) is 3.67. The number of rotatable bonds is 5. The predicted octanol–water partition coefficient (Wildman–Crippen LogP) is 5.01. The van der Waals surface area contributed by atoms with Crippen LogP contribution in [0, 0.1) is 0 Å². The monoisotopic (exact) mass is 429 g/mol. The fourth-order valence-corrected chi connectivity index (χ4v) is 3.67. The molecule has 3 aromatic rings. The number of amides is 1. The molecule has 31 heavy (non-hydrogen) atoms. The summed E-state index contributed by atoms with van der Waals surface area (Å²) in [6.07, 6.45) is 2.98. The molecule has 1 aliphatic carbocycles. The summed E-state index contributed by atoms with van der Waals surface area (Å²) < 4.78 is 45.5. The maximum absolute atomic E-state index is 12.6. The van der Waals surface area contributed by atoms with Gasteiger partial charge in [-0.2, -0.15) is 13.2 Å². The third kappa shape index (κ3) is 5.25. The number of aromatic nitrogens is 2. The number of benzene rings is 1. The molecule has 1 aliphatic rings. The summed E-state index contributed by atoms with van der Waals surface area (Å²) in [6, 6.07) is 13.5. The van der Waals surface area contributed by atoms with Crippen LogP contribution in [0.5, 0.6) is 5.88 Å². The molecule has 0 bridgehead atoms. The van der Waals surface area contributed by atoms with Gasteiger partial charge < -0.3 is 14.6 Å². The van der Waals surface area contributed by atoms with E-state index in [9.17, 15) is 18.0 Å². The van der Waals surface area contributed by atoms with E-state index in [1.165, 1.54) is 6.07 Å². The number of hydrogen-bond donors (Lipinski definition) is 1. The second-order valence-electron chi connectivity index (χ2n) is 7.59. The molecule has 162 valence electrons. The Morgan fingerprint density at radius 2 is 1.68 bits per heavy atom. The van der Waals surface area contributed by atoms with E-state index in [-0.39, 0.29) is 23.9 Å². The van der Waals surface area contributed by atoms with E-state index in [4.69, 9.17) is 4.74 Å². The molecule has 2 aromatic heterocycles. The molecule has 0 atom stereocenters. The van der Waals surface area contributed by atoms with E-state index in [1.807, 2.05) is 41.2 Å². The topological polar surface area (TPSA) is 56.1 Å². The normalized spacial score (nSPS) is 19.1. The van der Waals surface area contributed by atoms with Gasteiger partial charge in [-0.15, -0.1) is 0 Å². The summed E-state index contributed by atoms with van der Waals surface area (Å²) in [5.41, 5.74) is 0.784. The molecule has 0 saturated heterocycles. The van der Waals surface area contributed by atoms with E-state index in [0.717, 1.165) is 30.8 Å². The van der Waals surface area contributed by atoms with Crippen molar-refractivity contribution >= 4 is 5.91 Å². The lowest BCUT2D eigenvalue weighted by atomic mass is 9.92. The summed E-state index contributed by atoms with van der Waals surface area (Å²) in [6.45, 7) is 0. The molecule has 1 fully saturated rings. The van der Waals surface area contributed by atoms with Crippen LogP contribution in [-0.4, -0.2) is 27.6 Å². The number of hydrogen-bond acceptors (Lipinski definition) is 3. The van der Waals surface area contributed by atoms with Crippen molar-refractivity contribution in [3.8, 4) is 11.6 Å². The number of ether oxygens (including phenoxy) is 1. The highest BCUT2D eigenvalue weighted by Gasteiger charge is 2.31. The zero-order valence-corrected chi connectivity index (χ0v) is 16.7. The standard InChI is InChI=1S/C23H22F3N3O2/c24-23(25,26)17-5-12-21(27-15-17)31-20-10-6-18(7-11-20)28-22(30)16-3-8-19(9-4-16)29-13-1-2-14-29/h1-5,8-9,12-15,18,20H,6-7,10-11H2,(H,28,30). The summed E-state index contributed by atoms with van der Waals surface area (Å²) >= 11 is 0. The van der Waals surface area contributed by atoms with E-state index in [2.05, 4.69) is 10.3 Å². The molecule has 4 rings (SSSR count). The first-order valence-electron chi connectivity index (χ1n) is 10.1. The van der Waals surface area contributed by atoms with Crippen LogP contribution in [0.1, 0.15) is 41.6 Å². The highest BCUT2D eigenvalue weighted by atomic mass is 19.4. The van der Waals surface area contributed by atoms with E-state index in [0.29, 0.717) is 18.4 Å². The van der Waals surface area contributed by atoms with Gasteiger partial charge in [0.1, 0.15) is 6.10 Å². The first-order valence-corrected chi connectivity index (χ1v) is 10.1. The van der Waals surface area contributed by atoms with Crippen LogP contribution in [0.3, 0.4) is 0 Å². The number of nitrogens with one attached hydrogen (secondary N) is 1. The fraction of sp³-hybridized carbons (Fsp3) is 0.304. The van der Waals surface area contributed by atoms with Crippen molar-refractivity contribution in [2.75, 3.05) is 0 Å². The molecule has 1 aromatic carbocycles. The predicted molar refractivity (Wildman–Crippen MR) is 109 cm³/mol. The molecular weight excluding hydrogens is 407 g/mol. The average Bonchev–Trinajstić information content (AvgIpc) is 3.30. The minimum atomic E-state index is -4.41. The summed E-state index contributed by atoms with van der Waals surface area (Å²) in [5.74, 6) is 0.0658. The molecule has 8 heteroatoms. The minimum absolute atomic E-state index is 0.0389. The second-order valence-corrected chi connectivity index (χ2v) is 7.59. The van der Waals surface area contributed by atoms with Gasteiger partial charge in [0, 0.05) is 41.9 Å². The lowest BCUT2D eigenvalue weighted by molar-refractivity contribution is -0.137. The highest BCUT2D eigenvalue weighted by Crippen LogP contribution is 2.30. The average molecular weight is 429 g/mol. The Kier molecular flexibility index (Phi) is 5.97. The maximum atomic E-state index is 12.6. The number of carbonyl (C=O) groups excluding carboxylic acids is 1. The van der Waals surface area contributed by atoms with Crippen LogP contribution in [0.2, 0.25) is 0 Å². The molecular formula is C23H22F3N3O2. The van der Waals surface area contributed by atoms with Gasteiger partial charge in [0.2, 0.25) is 5.88 Å². The molecule has 0 spiro atoms. The third-order valence-corrected chi connectivity index (χ3v) is 5.39. The van der Waals surface area contributed by atoms with Gasteiger partial charge in [0.25, 0.3) is 5.91 Å². The van der Waals surface area contributed by atoms with E-state index in [1.54, 1.807) is 12.1 Å². The minimum Gasteiger partial charge on any atom is -0.474 e. The van der Waals surface area contributed by atoms with Crippen molar-refractivity contribution in [3.63, 3.8) is 0 Å². The van der Waals surface area contributed by atoms with Crippen LogP contribution in [0.4, 0.5) is 13.2 Å². The SMILES string of the molecule is O=C(NC1CCC(Oc2ccc(C(F)(F)F)cn2)CC1)c1ccc(-n2cccc2)cc1. The first-order chi connectivity index (χ1) is 14.9. The number of pyridine rings is 1. The van der Waals surface area contributed by atoms with Crippen LogP contribution < -0.4 is 10.1 Å². The zero-order valence-electron chi connectivity index (χ0n) is 16.7. The maximum Gasteiger partial charge on any atom is 0.417 e. The van der Waals surface area contributed by atoms with Gasteiger partial charge in [-0.25, -0.2) is 4.98 Å². The Morgan fingerprint density at radius 1 is 1.00 bits per heavy atom. The van der Waals surface area contributed by atoms with E-state index < -0.39 is 11.7 Å². The lowest BCUT2D eigenvalue weighted by Crippen LogP contribution is -2.39. The van der Waals surface area contributed by atoms with Crippen LogP contribution in [-0.2, 0) is 6.18 Å². The van der Waals surface area contributed by atoms with Gasteiger partial charge in [0.05, 0.1) is 5.56 Å². The lowest BCUT2D eigenvalue weighted by Gasteiger charge is -2.29. The number of carbonyl (C=O) groups is 1. The Labute approximate surface area is 177 Å². The van der Waals surface area contributed by atoms with Crippen molar-refractivity contribution in [3.05, 3.63) is 78.2 Å². The van der Waals surface area contributed by atoms with Crippen LogP contribution in [0.25, 0.3) is 5.69 Å². The van der Waals surface area contributed by atoms with Crippen LogP contribution in [0.15, 0.2) is 67.1 Å². The Hall–Kier alpha value is -3.29. The summed E-state index contributed by atoms with van der Waals surface area (Å²) in [5, 5.41) is 3.06. The van der Waals surface area contributed by atoms with Gasteiger partial charge in [0.15, 0.2) is 0 Å². The van der Waals surface area contributed by atoms with E-state index >= 15 is 0 Å². The molecule has 1 N–H and O–H groups in total. The van der Waals surface area contributed by atoms with Crippen LogP contribution >= 0.6 is 0 Å². The Morgan fingerprint density at radius 3 is 2.26 bits per heavy atom. The quantitative estimate of drug-likeness (QED) is 0.620. The first kappa shape index (κ1) is 21.0. The second kappa shape index (κ2) is 8.83. The van der Waals surface area contributed by atoms with Gasteiger partial charge in [-0.05, 0) is 68.1 Å². The number of halogens is 3. The number of nitrogens with zero attached hydrogens (tertiary/aromatic N) is 2. The summed E-state index contributed by atoms with van der Waals surface area (Å²) in [4.78, 5) is 16.3. The molecule has 5 nitrogen and oxygen atoms in total. The zero-order chi connectivity index (χ0) is 21.8. The van der Waals surface area contributed by atoms with Crippen molar-refractivity contribution in [1.29, 1.82) is 0 Å². The number of alkyl halides is 3. The van der Waals surface area contributed by atoms with Gasteiger partial charge in [-0.1, -0.05) is 0 Å². The smallest absolute Gasteiger partial charge is 0.417 e. The van der Waals surface area contributed by atoms with Gasteiger partial charge >= 0.3 is 6.18 Å². The van der Waals surface area contributed by atoms with Crippen molar-refractivity contribution in [2.24, 2.45) is 0 Å². The molecule has 0 aliphatic heterocycles. The van der Waals surface area contributed by atoms with Crippen molar-refractivity contribution in [1.82, 2.24) is 14.9 Å².